The van der Waals surface area contributed by atoms with Crippen molar-refractivity contribution in [1.82, 2.24) is 0 Å². The molecule has 0 bridgehead atoms. The normalized spacial score (nSPS) is 44.3. The van der Waals surface area contributed by atoms with Crippen LogP contribution in [-0.4, -0.2) is 19.0 Å². The summed E-state index contributed by atoms with van der Waals surface area (Å²) in [5.41, 5.74) is 2.12. The van der Waals surface area contributed by atoms with Crippen molar-refractivity contribution in [1.29, 1.82) is 0 Å². The summed E-state index contributed by atoms with van der Waals surface area (Å²) in [5.74, 6) is 5.07. The SMILES string of the molecule is CO[C@H]1CC2=CC(=O)CC[C@]2(C)[C@H]2CC[C@]3(C)[C@@H]([C@H](C)CCCC(C)C)CC[C@H]3[C@H]12. The molecule has 0 N–H and O–H groups in total. The number of fused-ring (bicyclic) bond motifs is 5. The molecule has 2 nitrogen and oxygen atoms in total. The monoisotopic (exact) mass is 414 g/mol. The molecule has 0 saturated heterocycles. The van der Waals surface area contributed by atoms with Gasteiger partial charge in [-0.2, -0.15) is 0 Å². The third-order valence-corrected chi connectivity index (χ3v) is 10.5. The second-order valence-electron chi connectivity index (χ2n) is 12.4. The molecular weight excluding hydrogens is 368 g/mol. The number of rotatable bonds is 6. The van der Waals surface area contributed by atoms with Gasteiger partial charge in [-0.15, -0.1) is 0 Å². The first-order valence-corrected chi connectivity index (χ1v) is 13.0. The van der Waals surface area contributed by atoms with Gasteiger partial charge in [0.25, 0.3) is 0 Å². The maximum absolute atomic E-state index is 12.2. The lowest BCUT2D eigenvalue weighted by molar-refractivity contribution is -0.130. The van der Waals surface area contributed by atoms with E-state index in [9.17, 15) is 4.79 Å². The van der Waals surface area contributed by atoms with Crippen LogP contribution in [-0.2, 0) is 9.53 Å². The van der Waals surface area contributed by atoms with E-state index in [4.69, 9.17) is 4.74 Å². The van der Waals surface area contributed by atoms with Crippen LogP contribution in [0.25, 0.3) is 0 Å². The Bertz CT molecular complexity index is 678. The summed E-state index contributed by atoms with van der Waals surface area (Å²) in [4.78, 5) is 12.2. The molecule has 2 heteroatoms. The van der Waals surface area contributed by atoms with Gasteiger partial charge in [-0.3, -0.25) is 4.79 Å². The highest BCUT2D eigenvalue weighted by atomic mass is 16.5. The van der Waals surface area contributed by atoms with Crippen LogP contribution in [0.3, 0.4) is 0 Å². The smallest absolute Gasteiger partial charge is 0.155 e. The standard InChI is InChI=1S/C28H46O2/c1-18(2)8-7-9-19(3)22-10-11-23-26-24(13-15-28(22,23)5)27(4)14-12-21(29)16-20(27)17-25(26)30-6/h16,18-19,22-26H,7-15,17H2,1-6H3/t19-,22-,23+,24+,25+,26+,27+,28-/m1/s1. The van der Waals surface area contributed by atoms with Gasteiger partial charge in [0, 0.05) is 13.5 Å². The summed E-state index contributed by atoms with van der Waals surface area (Å²) in [6, 6.07) is 0. The minimum absolute atomic E-state index is 0.232. The Hall–Kier alpha value is -0.630. The predicted octanol–water partition coefficient (Wildman–Crippen LogP) is 7.22. The van der Waals surface area contributed by atoms with Gasteiger partial charge in [0.05, 0.1) is 6.10 Å². The maximum atomic E-state index is 12.2. The number of ketones is 1. The van der Waals surface area contributed by atoms with Gasteiger partial charge in [0.15, 0.2) is 5.78 Å². The van der Waals surface area contributed by atoms with E-state index in [1.165, 1.54) is 50.5 Å². The number of ether oxygens (including phenoxy) is 1. The van der Waals surface area contributed by atoms with Gasteiger partial charge in [-0.25, -0.2) is 0 Å². The number of hydrogen-bond acceptors (Lipinski definition) is 2. The molecule has 4 aliphatic carbocycles. The fourth-order valence-corrected chi connectivity index (χ4v) is 8.76. The molecule has 8 atom stereocenters. The average Bonchev–Trinajstić information content (AvgIpc) is 3.05. The van der Waals surface area contributed by atoms with E-state index in [0.717, 1.165) is 42.9 Å². The molecule has 0 radical (unpaired) electrons. The largest absolute Gasteiger partial charge is 0.381 e. The zero-order chi connectivity index (χ0) is 21.7. The molecule has 3 fully saturated rings. The molecule has 0 heterocycles. The van der Waals surface area contributed by atoms with Crippen LogP contribution in [0.2, 0.25) is 0 Å². The fraction of sp³-hybridized carbons (Fsp3) is 0.893. The van der Waals surface area contributed by atoms with Gasteiger partial charge in [-0.05, 0) is 90.9 Å². The van der Waals surface area contributed by atoms with Crippen LogP contribution in [0, 0.1) is 46.3 Å². The van der Waals surface area contributed by atoms with Crippen LogP contribution in [0.4, 0.5) is 0 Å². The predicted molar refractivity (Wildman–Crippen MR) is 124 cm³/mol. The molecule has 30 heavy (non-hydrogen) atoms. The molecule has 0 aromatic heterocycles. The maximum Gasteiger partial charge on any atom is 0.155 e. The van der Waals surface area contributed by atoms with Crippen molar-refractivity contribution < 1.29 is 9.53 Å². The highest BCUT2D eigenvalue weighted by Crippen LogP contribution is 2.68. The van der Waals surface area contributed by atoms with Crippen molar-refractivity contribution >= 4 is 5.78 Å². The molecule has 0 aromatic rings. The summed E-state index contributed by atoms with van der Waals surface area (Å²) >= 11 is 0. The second-order valence-corrected chi connectivity index (χ2v) is 12.4. The topological polar surface area (TPSA) is 26.3 Å². The van der Waals surface area contributed by atoms with E-state index in [1.807, 2.05) is 13.2 Å². The van der Waals surface area contributed by atoms with Gasteiger partial charge in [0.2, 0.25) is 0 Å². The molecule has 170 valence electrons. The third-order valence-electron chi connectivity index (χ3n) is 10.5. The Morgan fingerprint density at radius 3 is 2.53 bits per heavy atom. The molecule has 4 rings (SSSR count). The Kier molecular flexibility index (Phi) is 6.30. The molecule has 0 amide bonds. The fourth-order valence-electron chi connectivity index (χ4n) is 8.76. The zero-order valence-electron chi connectivity index (χ0n) is 20.5. The minimum Gasteiger partial charge on any atom is -0.381 e. The summed E-state index contributed by atoms with van der Waals surface area (Å²) in [7, 11) is 1.92. The van der Waals surface area contributed by atoms with Crippen molar-refractivity contribution in [2.24, 2.45) is 46.3 Å². The first-order valence-electron chi connectivity index (χ1n) is 13.0. The molecule has 0 aromatic carbocycles. The highest BCUT2D eigenvalue weighted by Gasteiger charge is 2.61. The molecule has 4 aliphatic rings. The van der Waals surface area contributed by atoms with Crippen molar-refractivity contribution in [3.63, 3.8) is 0 Å². The molecule has 3 saturated carbocycles. The van der Waals surface area contributed by atoms with Gasteiger partial charge < -0.3 is 4.74 Å². The Labute approximate surface area is 185 Å². The Morgan fingerprint density at radius 2 is 1.83 bits per heavy atom. The molecule has 0 spiro atoms. The number of carbonyl (C=O) groups excluding carboxylic acids is 1. The lowest BCUT2D eigenvalue weighted by Crippen LogP contribution is -2.56. The first kappa shape index (κ1) is 22.6. The van der Waals surface area contributed by atoms with E-state index < -0.39 is 0 Å². The van der Waals surface area contributed by atoms with Crippen molar-refractivity contribution in [3.05, 3.63) is 11.6 Å². The summed E-state index contributed by atoms with van der Waals surface area (Å²) in [6.45, 7) is 12.4. The Morgan fingerprint density at radius 1 is 1.07 bits per heavy atom. The Balaban J connectivity index is 1.56. The van der Waals surface area contributed by atoms with Crippen molar-refractivity contribution in [2.75, 3.05) is 7.11 Å². The first-order chi connectivity index (χ1) is 14.2. The molecule has 0 aliphatic heterocycles. The van der Waals surface area contributed by atoms with E-state index in [-0.39, 0.29) is 5.41 Å². The average molecular weight is 415 g/mol. The third kappa shape index (κ3) is 3.63. The van der Waals surface area contributed by atoms with Crippen molar-refractivity contribution in [2.45, 2.75) is 105 Å². The summed E-state index contributed by atoms with van der Waals surface area (Å²) in [5, 5.41) is 0. The van der Waals surface area contributed by atoms with Crippen LogP contribution < -0.4 is 0 Å². The summed E-state index contributed by atoms with van der Waals surface area (Å²) in [6.07, 6.45) is 14.8. The lowest BCUT2D eigenvalue weighted by Gasteiger charge is -2.60. The van der Waals surface area contributed by atoms with Crippen LogP contribution >= 0.6 is 0 Å². The van der Waals surface area contributed by atoms with Gasteiger partial charge >= 0.3 is 0 Å². The second kappa shape index (κ2) is 8.38. The van der Waals surface area contributed by atoms with Gasteiger partial charge in [0.1, 0.15) is 0 Å². The van der Waals surface area contributed by atoms with Crippen LogP contribution in [0.5, 0.6) is 0 Å². The van der Waals surface area contributed by atoms with E-state index in [0.29, 0.717) is 29.1 Å². The van der Waals surface area contributed by atoms with Gasteiger partial charge in [-0.1, -0.05) is 59.5 Å². The quantitative estimate of drug-likeness (QED) is 0.458. The van der Waals surface area contributed by atoms with Crippen LogP contribution in [0.15, 0.2) is 11.6 Å². The zero-order valence-corrected chi connectivity index (χ0v) is 20.5. The van der Waals surface area contributed by atoms with E-state index >= 15 is 0 Å². The summed E-state index contributed by atoms with van der Waals surface area (Å²) < 4.78 is 6.18. The number of methoxy groups -OCH3 is 1. The number of carbonyl (C=O) groups is 1. The van der Waals surface area contributed by atoms with E-state index in [1.54, 1.807) is 0 Å². The van der Waals surface area contributed by atoms with E-state index in [2.05, 4.69) is 34.6 Å². The van der Waals surface area contributed by atoms with Crippen molar-refractivity contribution in [3.8, 4) is 0 Å². The van der Waals surface area contributed by atoms with Crippen LogP contribution in [0.1, 0.15) is 98.8 Å². The molecule has 0 unspecified atom stereocenters. The molecular formula is C28H46O2. The number of hydrogen-bond donors (Lipinski definition) is 0. The lowest BCUT2D eigenvalue weighted by atomic mass is 9.45. The minimum atomic E-state index is 0.232. The highest BCUT2D eigenvalue weighted by molar-refractivity contribution is 5.91.